The number of aromatic nitrogens is 3. The minimum Gasteiger partial charge on any atom is -0.365 e. The molecular formula is C13H11ClN4S2. The molecule has 7 heteroatoms. The van der Waals surface area contributed by atoms with Crippen LogP contribution in [0.5, 0.6) is 0 Å². The quantitative estimate of drug-likeness (QED) is 0.734. The molecule has 3 rings (SSSR count). The van der Waals surface area contributed by atoms with Crippen LogP contribution < -0.4 is 5.32 Å². The summed E-state index contributed by atoms with van der Waals surface area (Å²) in [5.41, 5.74) is 2.22. The van der Waals surface area contributed by atoms with Gasteiger partial charge in [0, 0.05) is 6.54 Å². The second-order valence-corrected chi connectivity index (χ2v) is 6.54. The van der Waals surface area contributed by atoms with Gasteiger partial charge in [-0.3, -0.25) is 4.98 Å². The summed E-state index contributed by atoms with van der Waals surface area (Å²) >= 11 is 9.18. The SMILES string of the molecule is CSc1nc2ccc(CNc3cncc(Cl)n3)cc2s1. The van der Waals surface area contributed by atoms with Crippen molar-refractivity contribution in [3.63, 3.8) is 0 Å². The van der Waals surface area contributed by atoms with Crippen LogP contribution in [-0.2, 0) is 6.54 Å². The molecule has 4 nitrogen and oxygen atoms in total. The number of nitrogens with zero attached hydrogens (tertiary/aromatic N) is 3. The van der Waals surface area contributed by atoms with E-state index in [1.165, 1.54) is 16.5 Å². The van der Waals surface area contributed by atoms with Gasteiger partial charge < -0.3 is 5.32 Å². The maximum atomic E-state index is 5.80. The van der Waals surface area contributed by atoms with E-state index in [4.69, 9.17) is 11.6 Å². The van der Waals surface area contributed by atoms with E-state index in [1.807, 2.05) is 12.3 Å². The maximum absolute atomic E-state index is 5.80. The van der Waals surface area contributed by atoms with Gasteiger partial charge in [-0.1, -0.05) is 29.4 Å². The lowest BCUT2D eigenvalue weighted by atomic mass is 10.2. The van der Waals surface area contributed by atoms with Crippen molar-refractivity contribution in [1.82, 2.24) is 15.0 Å². The molecule has 0 radical (unpaired) electrons. The van der Waals surface area contributed by atoms with Gasteiger partial charge in [-0.05, 0) is 24.0 Å². The highest BCUT2D eigenvalue weighted by Crippen LogP contribution is 2.28. The molecule has 1 N–H and O–H groups in total. The van der Waals surface area contributed by atoms with Gasteiger partial charge in [0.15, 0.2) is 4.34 Å². The zero-order chi connectivity index (χ0) is 13.9. The monoisotopic (exact) mass is 322 g/mol. The van der Waals surface area contributed by atoms with Gasteiger partial charge in [0.25, 0.3) is 0 Å². The number of thioether (sulfide) groups is 1. The molecule has 20 heavy (non-hydrogen) atoms. The summed E-state index contributed by atoms with van der Waals surface area (Å²) in [5.74, 6) is 0.673. The Kier molecular flexibility index (Phi) is 4.05. The van der Waals surface area contributed by atoms with Gasteiger partial charge in [0.1, 0.15) is 11.0 Å². The van der Waals surface area contributed by atoms with E-state index in [2.05, 4.69) is 32.4 Å². The normalized spacial score (nSPS) is 10.9. The molecule has 0 bridgehead atoms. The fourth-order valence-corrected chi connectivity index (χ4v) is 3.47. The first kappa shape index (κ1) is 13.6. The number of nitrogens with one attached hydrogen (secondary N) is 1. The van der Waals surface area contributed by atoms with Gasteiger partial charge in [-0.25, -0.2) is 9.97 Å². The van der Waals surface area contributed by atoms with Crippen molar-refractivity contribution in [2.24, 2.45) is 0 Å². The van der Waals surface area contributed by atoms with Crippen LogP contribution in [0.2, 0.25) is 5.15 Å². The Balaban J connectivity index is 1.77. The van der Waals surface area contributed by atoms with E-state index in [-0.39, 0.29) is 0 Å². The topological polar surface area (TPSA) is 50.7 Å². The lowest BCUT2D eigenvalue weighted by Gasteiger charge is -2.05. The van der Waals surface area contributed by atoms with Crippen molar-refractivity contribution in [3.05, 3.63) is 41.3 Å². The summed E-state index contributed by atoms with van der Waals surface area (Å²) in [6.07, 6.45) is 5.21. The second-order valence-electron chi connectivity index (χ2n) is 4.07. The highest BCUT2D eigenvalue weighted by Gasteiger charge is 2.04. The van der Waals surface area contributed by atoms with Crippen molar-refractivity contribution in [2.45, 2.75) is 10.9 Å². The van der Waals surface area contributed by atoms with Crippen molar-refractivity contribution in [1.29, 1.82) is 0 Å². The Morgan fingerprint density at radius 3 is 3.00 bits per heavy atom. The summed E-state index contributed by atoms with van der Waals surface area (Å²) in [6.45, 7) is 0.678. The predicted octanol–water partition coefficient (Wildman–Crippen LogP) is 4.07. The van der Waals surface area contributed by atoms with Crippen molar-refractivity contribution < 1.29 is 0 Å². The van der Waals surface area contributed by atoms with Crippen molar-refractivity contribution in [2.75, 3.05) is 11.6 Å². The van der Waals surface area contributed by atoms with Gasteiger partial charge in [0.2, 0.25) is 0 Å². The third kappa shape index (κ3) is 3.03. The third-order valence-electron chi connectivity index (χ3n) is 2.69. The number of anilines is 1. The average molecular weight is 323 g/mol. The number of hydrogen-bond acceptors (Lipinski definition) is 6. The molecule has 0 amide bonds. The number of rotatable bonds is 4. The first-order valence-corrected chi connectivity index (χ1v) is 8.31. The van der Waals surface area contributed by atoms with Crippen LogP contribution in [0.4, 0.5) is 5.82 Å². The minimum absolute atomic E-state index is 0.387. The Labute approximate surface area is 129 Å². The lowest BCUT2D eigenvalue weighted by molar-refractivity contribution is 1.09. The van der Waals surface area contributed by atoms with E-state index in [0.29, 0.717) is 17.5 Å². The molecule has 0 atom stereocenters. The van der Waals surface area contributed by atoms with Crippen LogP contribution in [0.1, 0.15) is 5.56 Å². The maximum Gasteiger partial charge on any atom is 0.150 e. The average Bonchev–Trinajstić information content (AvgIpc) is 2.87. The first-order chi connectivity index (χ1) is 9.74. The van der Waals surface area contributed by atoms with E-state index in [0.717, 1.165) is 9.86 Å². The van der Waals surface area contributed by atoms with E-state index in [9.17, 15) is 0 Å². The molecule has 0 aliphatic heterocycles. The summed E-state index contributed by atoms with van der Waals surface area (Å²) in [5, 5.41) is 3.59. The number of benzene rings is 1. The molecule has 0 aliphatic carbocycles. The van der Waals surface area contributed by atoms with Gasteiger partial charge in [0.05, 0.1) is 22.6 Å². The third-order valence-corrected chi connectivity index (χ3v) is 4.87. The van der Waals surface area contributed by atoms with E-state index in [1.54, 1.807) is 29.3 Å². The fraction of sp³-hybridized carbons (Fsp3) is 0.154. The summed E-state index contributed by atoms with van der Waals surface area (Å²) in [6, 6.07) is 6.26. The van der Waals surface area contributed by atoms with E-state index >= 15 is 0 Å². The van der Waals surface area contributed by atoms with Crippen LogP contribution in [0.15, 0.2) is 34.9 Å². The van der Waals surface area contributed by atoms with Gasteiger partial charge >= 0.3 is 0 Å². The predicted molar refractivity (Wildman–Crippen MR) is 85.8 cm³/mol. The molecule has 0 spiro atoms. The number of thiazole rings is 1. The zero-order valence-electron chi connectivity index (χ0n) is 10.6. The van der Waals surface area contributed by atoms with Crippen LogP contribution in [0.25, 0.3) is 10.2 Å². The fourth-order valence-electron chi connectivity index (χ4n) is 1.77. The molecule has 2 heterocycles. The number of halogens is 1. The summed E-state index contributed by atoms with van der Waals surface area (Å²) in [4.78, 5) is 12.7. The van der Waals surface area contributed by atoms with E-state index < -0.39 is 0 Å². The Hall–Kier alpha value is -1.37. The number of hydrogen-bond donors (Lipinski definition) is 1. The zero-order valence-corrected chi connectivity index (χ0v) is 13.0. The lowest BCUT2D eigenvalue weighted by Crippen LogP contribution is -2.01. The Morgan fingerprint density at radius 1 is 1.30 bits per heavy atom. The molecule has 2 aromatic heterocycles. The van der Waals surface area contributed by atoms with Crippen molar-refractivity contribution >= 4 is 50.7 Å². The Bertz CT molecular complexity index is 744. The molecule has 1 aromatic carbocycles. The molecule has 0 unspecified atom stereocenters. The van der Waals surface area contributed by atoms with Crippen molar-refractivity contribution in [3.8, 4) is 0 Å². The standard InChI is InChI=1S/C13H11ClN4S2/c1-19-13-17-9-3-2-8(4-10(9)20-13)5-16-12-7-15-6-11(14)18-12/h2-4,6-7H,5H2,1H3,(H,16,18). The molecule has 0 saturated heterocycles. The minimum atomic E-state index is 0.387. The summed E-state index contributed by atoms with van der Waals surface area (Å²) in [7, 11) is 0. The highest BCUT2D eigenvalue weighted by atomic mass is 35.5. The smallest absolute Gasteiger partial charge is 0.150 e. The van der Waals surface area contributed by atoms with Crippen LogP contribution in [-0.4, -0.2) is 21.2 Å². The summed E-state index contributed by atoms with van der Waals surface area (Å²) < 4.78 is 2.29. The molecule has 0 aliphatic rings. The van der Waals surface area contributed by atoms with Crippen LogP contribution in [0.3, 0.4) is 0 Å². The number of fused-ring (bicyclic) bond motifs is 1. The molecule has 0 saturated carbocycles. The first-order valence-electron chi connectivity index (χ1n) is 5.89. The molecular weight excluding hydrogens is 312 g/mol. The molecule has 0 fully saturated rings. The Morgan fingerprint density at radius 2 is 2.20 bits per heavy atom. The van der Waals surface area contributed by atoms with Gasteiger partial charge in [-0.15, -0.1) is 11.3 Å². The molecule has 102 valence electrons. The molecule has 3 aromatic rings. The largest absolute Gasteiger partial charge is 0.365 e. The highest BCUT2D eigenvalue weighted by molar-refractivity contribution is 8.00. The second kappa shape index (κ2) is 5.95. The van der Waals surface area contributed by atoms with Crippen LogP contribution >= 0.6 is 34.7 Å². The van der Waals surface area contributed by atoms with Gasteiger partial charge in [-0.2, -0.15) is 0 Å². The van der Waals surface area contributed by atoms with Crippen LogP contribution in [0, 0.1) is 0 Å².